The van der Waals surface area contributed by atoms with Crippen LogP contribution in [-0.4, -0.2) is 46.5 Å². The molecule has 0 aliphatic carbocycles. The Kier molecular flexibility index (Phi) is 15.7. The van der Waals surface area contributed by atoms with E-state index in [1.54, 1.807) is 19.2 Å². The van der Waals surface area contributed by atoms with Gasteiger partial charge in [0.2, 0.25) is 5.75 Å². The third-order valence-electron chi connectivity index (χ3n) is 6.79. The molecule has 2 atom stereocenters. The molecule has 1 rings (SSSR count). The molecule has 0 aromatic heterocycles. The summed E-state index contributed by atoms with van der Waals surface area (Å²) in [4.78, 5) is 26.5. The first kappa shape index (κ1) is 31.6. The predicted octanol–water partition coefficient (Wildman–Crippen LogP) is 6.39. The van der Waals surface area contributed by atoms with Crippen LogP contribution < -0.4 is 14.2 Å². The Morgan fingerprint density at radius 3 is 1.61 bits per heavy atom. The van der Waals surface area contributed by atoms with Crippen molar-refractivity contribution < 1.29 is 33.3 Å². The molecule has 0 spiro atoms. The van der Waals surface area contributed by atoms with Gasteiger partial charge in [-0.25, -0.2) is 0 Å². The van der Waals surface area contributed by atoms with Crippen molar-refractivity contribution in [2.45, 2.75) is 85.5 Å². The third kappa shape index (κ3) is 9.90. The molecule has 0 bridgehead atoms. The van der Waals surface area contributed by atoms with Gasteiger partial charge in [-0.3, -0.25) is 9.59 Å². The van der Waals surface area contributed by atoms with Gasteiger partial charge in [-0.05, 0) is 36.3 Å². The fourth-order valence-electron chi connectivity index (χ4n) is 4.20. The average Bonchev–Trinajstić information content (AvgIpc) is 2.90. The Bertz CT molecular complexity index is 745. The summed E-state index contributed by atoms with van der Waals surface area (Å²) in [7, 11) is 4.58. The molecule has 36 heavy (non-hydrogen) atoms. The number of rotatable bonds is 19. The van der Waals surface area contributed by atoms with Crippen LogP contribution in [0.5, 0.6) is 17.2 Å². The molecule has 7 heteroatoms. The Hall–Kier alpha value is -2.44. The van der Waals surface area contributed by atoms with E-state index in [1.165, 1.54) is 14.2 Å². The molecule has 0 aliphatic rings. The Balaban J connectivity index is 3.13. The SMILES string of the molecule is CCCCC(CC)COC(=O)C(Cc1ccc(OC)c(OC)c1OC)C(=O)OCC(CC)CCCC. The number of carbonyl (C=O) groups excluding carboxylic acids is 2. The molecule has 206 valence electrons. The number of ether oxygens (including phenoxy) is 5. The van der Waals surface area contributed by atoms with Crippen LogP contribution in [-0.2, 0) is 25.5 Å². The van der Waals surface area contributed by atoms with Crippen molar-refractivity contribution in [1.29, 1.82) is 0 Å². The second kappa shape index (κ2) is 17.9. The predicted molar refractivity (Wildman–Crippen MR) is 142 cm³/mol. The molecule has 0 heterocycles. The lowest BCUT2D eigenvalue weighted by molar-refractivity contribution is -0.163. The molecule has 0 radical (unpaired) electrons. The van der Waals surface area contributed by atoms with E-state index in [0.717, 1.165) is 51.4 Å². The number of esters is 2. The van der Waals surface area contributed by atoms with Crippen molar-refractivity contribution >= 4 is 11.9 Å². The molecular formula is C29H48O7. The molecule has 1 aromatic rings. The summed E-state index contributed by atoms with van der Waals surface area (Å²) in [6.45, 7) is 9.08. The van der Waals surface area contributed by atoms with E-state index >= 15 is 0 Å². The topological polar surface area (TPSA) is 80.3 Å². The zero-order valence-electron chi connectivity index (χ0n) is 23.5. The van der Waals surface area contributed by atoms with E-state index < -0.39 is 17.9 Å². The zero-order chi connectivity index (χ0) is 26.9. The number of hydrogen-bond acceptors (Lipinski definition) is 7. The second-order valence-corrected chi connectivity index (χ2v) is 9.34. The molecule has 0 saturated carbocycles. The lowest BCUT2D eigenvalue weighted by Gasteiger charge is -2.22. The standard InChI is InChI=1S/C29H48O7/c1-8-12-14-21(10-3)19-35-28(30)24(29(31)36-20-22(11-4)15-13-9-2)18-23-16-17-25(32-5)27(34-7)26(23)33-6/h16-17,21-22,24H,8-15,18-20H2,1-7H3. The molecule has 0 amide bonds. The van der Waals surface area contributed by atoms with Gasteiger partial charge in [0.1, 0.15) is 0 Å². The average molecular weight is 509 g/mol. The minimum absolute atomic E-state index is 0.0820. The summed E-state index contributed by atoms with van der Waals surface area (Å²) in [5.41, 5.74) is 0.644. The fraction of sp³-hybridized carbons (Fsp3) is 0.724. The summed E-state index contributed by atoms with van der Waals surface area (Å²) in [5.74, 6) is -0.325. The van der Waals surface area contributed by atoms with Crippen molar-refractivity contribution in [3.8, 4) is 17.2 Å². The fourth-order valence-corrected chi connectivity index (χ4v) is 4.20. The van der Waals surface area contributed by atoms with Gasteiger partial charge in [0, 0.05) is 6.42 Å². The largest absolute Gasteiger partial charge is 0.493 e. The van der Waals surface area contributed by atoms with Crippen LogP contribution in [0, 0.1) is 17.8 Å². The molecule has 0 N–H and O–H groups in total. The van der Waals surface area contributed by atoms with Crippen LogP contribution in [0.2, 0.25) is 0 Å². The molecule has 7 nitrogen and oxygen atoms in total. The minimum atomic E-state index is -1.09. The lowest BCUT2D eigenvalue weighted by atomic mass is 9.97. The van der Waals surface area contributed by atoms with Crippen molar-refractivity contribution in [1.82, 2.24) is 0 Å². The van der Waals surface area contributed by atoms with Crippen molar-refractivity contribution in [2.24, 2.45) is 17.8 Å². The van der Waals surface area contributed by atoms with Gasteiger partial charge in [-0.15, -0.1) is 0 Å². The van der Waals surface area contributed by atoms with Gasteiger partial charge >= 0.3 is 11.9 Å². The number of hydrogen-bond donors (Lipinski definition) is 0. The van der Waals surface area contributed by atoms with E-state index in [4.69, 9.17) is 23.7 Å². The van der Waals surface area contributed by atoms with E-state index in [1.807, 2.05) is 0 Å². The van der Waals surface area contributed by atoms with E-state index in [9.17, 15) is 9.59 Å². The van der Waals surface area contributed by atoms with Crippen LogP contribution in [0.4, 0.5) is 0 Å². The monoisotopic (exact) mass is 508 g/mol. The maximum absolute atomic E-state index is 13.2. The van der Waals surface area contributed by atoms with E-state index in [-0.39, 0.29) is 18.3 Å². The Morgan fingerprint density at radius 2 is 1.22 bits per heavy atom. The molecule has 1 aromatic carbocycles. The molecule has 0 fully saturated rings. The van der Waals surface area contributed by atoms with Gasteiger partial charge in [-0.1, -0.05) is 72.3 Å². The lowest BCUT2D eigenvalue weighted by Crippen LogP contribution is -2.32. The number of unbranched alkanes of at least 4 members (excludes halogenated alkanes) is 2. The summed E-state index contributed by atoms with van der Waals surface area (Å²) in [5, 5.41) is 0. The van der Waals surface area contributed by atoms with Crippen LogP contribution in [0.25, 0.3) is 0 Å². The molecule has 0 aliphatic heterocycles. The molecule has 2 unspecified atom stereocenters. The minimum Gasteiger partial charge on any atom is -0.493 e. The first-order valence-corrected chi connectivity index (χ1v) is 13.5. The Morgan fingerprint density at radius 1 is 0.722 bits per heavy atom. The van der Waals surface area contributed by atoms with Gasteiger partial charge in [0.15, 0.2) is 17.4 Å². The maximum Gasteiger partial charge on any atom is 0.320 e. The summed E-state index contributed by atoms with van der Waals surface area (Å²) >= 11 is 0. The van der Waals surface area contributed by atoms with Gasteiger partial charge in [0.25, 0.3) is 0 Å². The highest BCUT2D eigenvalue weighted by molar-refractivity contribution is 5.95. The number of methoxy groups -OCH3 is 3. The quantitative estimate of drug-likeness (QED) is 0.158. The Labute approximate surface area is 218 Å². The van der Waals surface area contributed by atoms with E-state index in [0.29, 0.717) is 36.0 Å². The van der Waals surface area contributed by atoms with Gasteiger partial charge in [-0.2, -0.15) is 0 Å². The van der Waals surface area contributed by atoms with Crippen LogP contribution in [0.1, 0.15) is 84.6 Å². The summed E-state index contributed by atoms with van der Waals surface area (Å²) in [6, 6.07) is 3.51. The highest BCUT2D eigenvalue weighted by atomic mass is 16.6. The second-order valence-electron chi connectivity index (χ2n) is 9.34. The summed E-state index contributed by atoms with van der Waals surface area (Å²) in [6.07, 6.45) is 8.26. The first-order valence-electron chi connectivity index (χ1n) is 13.5. The van der Waals surface area contributed by atoms with Crippen molar-refractivity contribution in [3.05, 3.63) is 17.7 Å². The van der Waals surface area contributed by atoms with Gasteiger partial charge < -0.3 is 23.7 Å². The molecule has 0 saturated heterocycles. The third-order valence-corrected chi connectivity index (χ3v) is 6.79. The zero-order valence-corrected chi connectivity index (χ0v) is 23.5. The van der Waals surface area contributed by atoms with Crippen LogP contribution in [0.3, 0.4) is 0 Å². The van der Waals surface area contributed by atoms with E-state index in [2.05, 4.69) is 27.7 Å². The number of carbonyl (C=O) groups is 2. The highest BCUT2D eigenvalue weighted by Crippen LogP contribution is 2.40. The molecular weight excluding hydrogens is 460 g/mol. The van der Waals surface area contributed by atoms with Gasteiger partial charge in [0.05, 0.1) is 34.5 Å². The first-order chi connectivity index (χ1) is 17.4. The smallest absolute Gasteiger partial charge is 0.320 e. The highest BCUT2D eigenvalue weighted by Gasteiger charge is 2.33. The van der Waals surface area contributed by atoms with Crippen molar-refractivity contribution in [2.75, 3.05) is 34.5 Å². The number of benzene rings is 1. The maximum atomic E-state index is 13.2. The normalized spacial score (nSPS) is 13.4. The van der Waals surface area contributed by atoms with Crippen LogP contribution in [0.15, 0.2) is 12.1 Å². The summed E-state index contributed by atoms with van der Waals surface area (Å²) < 4.78 is 27.8. The van der Waals surface area contributed by atoms with Crippen LogP contribution >= 0.6 is 0 Å². The van der Waals surface area contributed by atoms with Crippen molar-refractivity contribution in [3.63, 3.8) is 0 Å².